The molecule has 0 spiro atoms. The summed E-state index contributed by atoms with van der Waals surface area (Å²) in [5, 5.41) is 3.41. The lowest BCUT2D eigenvalue weighted by molar-refractivity contribution is 0.597. The first kappa shape index (κ1) is 10.3. The van der Waals surface area contributed by atoms with Gasteiger partial charge in [0.2, 0.25) is 0 Å². The highest BCUT2D eigenvalue weighted by Gasteiger charge is 2.02. The number of benzene rings is 1. The Labute approximate surface area is 81.2 Å². The molecule has 0 aliphatic rings. The molecule has 0 bridgehead atoms. The van der Waals surface area contributed by atoms with Crippen molar-refractivity contribution in [1.29, 1.82) is 0 Å². The van der Waals surface area contributed by atoms with E-state index >= 15 is 0 Å². The van der Waals surface area contributed by atoms with E-state index in [9.17, 15) is 0 Å². The molecule has 0 fully saturated rings. The molecular weight excluding hydrogens is 158 g/mol. The summed E-state index contributed by atoms with van der Waals surface area (Å²) in [6, 6.07) is 9.26. The summed E-state index contributed by atoms with van der Waals surface area (Å²) >= 11 is 0. The summed E-state index contributed by atoms with van der Waals surface area (Å²) in [4.78, 5) is 0. The minimum atomic E-state index is 0.469. The van der Waals surface area contributed by atoms with Gasteiger partial charge in [-0.2, -0.15) is 0 Å². The Bertz CT molecular complexity index is 255. The molecule has 0 saturated heterocycles. The third-order valence-corrected chi connectivity index (χ3v) is 2.37. The second-order valence-electron chi connectivity index (χ2n) is 3.38. The van der Waals surface area contributed by atoms with Crippen molar-refractivity contribution in [2.75, 3.05) is 6.54 Å². The van der Waals surface area contributed by atoms with Crippen LogP contribution in [0.5, 0.6) is 0 Å². The van der Waals surface area contributed by atoms with Crippen molar-refractivity contribution in [3.8, 4) is 0 Å². The Hall–Kier alpha value is -0.820. The van der Waals surface area contributed by atoms with Gasteiger partial charge in [0.1, 0.15) is 0 Å². The zero-order chi connectivity index (χ0) is 9.68. The first-order chi connectivity index (χ1) is 6.27. The first-order valence-corrected chi connectivity index (χ1v) is 5.10. The van der Waals surface area contributed by atoms with E-state index < -0.39 is 0 Å². The maximum Gasteiger partial charge on any atom is 0.0291 e. The predicted molar refractivity (Wildman–Crippen MR) is 57.9 cm³/mol. The van der Waals surface area contributed by atoms with Crippen LogP contribution in [0.3, 0.4) is 0 Å². The van der Waals surface area contributed by atoms with Crippen LogP contribution >= 0.6 is 0 Å². The number of hydrogen-bond donors (Lipinski definition) is 1. The Morgan fingerprint density at radius 1 is 1.31 bits per heavy atom. The molecule has 1 nitrogen and oxygen atoms in total. The van der Waals surface area contributed by atoms with Gasteiger partial charge in [0.25, 0.3) is 0 Å². The van der Waals surface area contributed by atoms with Crippen molar-refractivity contribution < 1.29 is 0 Å². The van der Waals surface area contributed by atoms with Gasteiger partial charge in [0.05, 0.1) is 0 Å². The summed E-state index contributed by atoms with van der Waals surface area (Å²) in [6.45, 7) is 7.56. The van der Waals surface area contributed by atoms with Crippen LogP contribution in [-0.2, 0) is 6.42 Å². The molecule has 13 heavy (non-hydrogen) atoms. The van der Waals surface area contributed by atoms with Gasteiger partial charge in [-0.3, -0.25) is 0 Å². The van der Waals surface area contributed by atoms with Crippen LogP contribution in [0.15, 0.2) is 24.3 Å². The smallest absolute Gasteiger partial charge is 0.0291 e. The SMILES string of the molecule is CCNC(C)c1cccc(CC)c1. The molecule has 1 aromatic carbocycles. The number of rotatable bonds is 4. The zero-order valence-corrected chi connectivity index (χ0v) is 8.80. The van der Waals surface area contributed by atoms with Crippen molar-refractivity contribution in [3.63, 3.8) is 0 Å². The lowest BCUT2D eigenvalue weighted by Gasteiger charge is -2.13. The summed E-state index contributed by atoms with van der Waals surface area (Å²) in [7, 11) is 0. The molecule has 0 saturated carbocycles. The third kappa shape index (κ3) is 2.85. The van der Waals surface area contributed by atoms with Crippen LogP contribution in [0.25, 0.3) is 0 Å². The van der Waals surface area contributed by atoms with Crippen LogP contribution in [0.4, 0.5) is 0 Å². The van der Waals surface area contributed by atoms with E-state index in [4.69, 9.17) is 0 Å². The van der Waals surface area contributed by atoms with Gasteiger partial charge in [-0.15, -0.1) is 0 Å². The van der Waals surface area contributed by atoms with Gasteiger partial charge in [0, 0.05) is 6.04 Å². The summed E-state index contributed by atoms with van der Waals surface area (Å²) in [6.07, 6.45) is 1.12. The Morgan fingerprint density at radius 2 is 2.08 bits per heavy atom. The van der Waals surface area contributed by atoms with E-state index in [-0.39, 0.29) is 0 Å². The highest BCUT2D eigenvalue weighted by Crippen LogP contribution is 2.13. The molecule has 0 aliphatic carbocycles. The molecule has 0 heterocycles. The fourth-order valence-corrected chi connectivity index (χ4v) is 1.51. The van der Waals surface area contributed by atoms with Crippen molar-refractivity contribution in [2.24, 2.45) is 0 Å². The van der Waals surface area contributed by atoms with Crippen LogP contribution in [0.2, 0.25) is 0 Å². The maximum atomic E-state index is 3.41. The number of hydrogen-bond acceptors (Lipinski definition) is 1. The lowest BCUT2D eigenvalue weighted by atomic mass is 10.0. The van der Waals surface area contributed by atoms with Gasteiger partial charge >= 0.3 is 0 Å². The molecule has 1 heteroatoms. The van der Waals surface area contributed by atoms with Crippen LogP contribution in [0, 0.1) is 0 Å². The standard InChI is InChI=1S/C12H19N/c1-4-11-7-6-8-12(9-11)10(3)13-5-2/h6-10,13H,4-5H2,1-3H3. The minimum Gasteiger partial charge on any atom is -0.310 e. The van der Waals surface area contributed by atoms with Gasteiger partial charge in [-0.1, -0.05) is 38.1 Å². The molecule has 1 aromatic rings. The van der Waals surface area contributed by atoms with Gasteiger partial charge in [-0.25, -0.2) is 0 Å². The Morgan fingerprint density at radius 3 is 2.69 bits per heavy atom. The van der Waals surface area contributed by atoms with E-state index in [0.29, 0.717) is 6.04 Å². The molecule has 0 aromatic heterocycles. The summed E-state index contributed by atoms with van der Waals surface area (Å²) in [5.74, 6) is 0. The molecule has 1 rings (SSSR count). The van der Waals surface area contributed by atoms with Crippen molar-refractivity contribution >= 4 is 0 Å². The van der Waals surface area contributed by atoms with Crippen LogP contribution in [-0.4, -0.2) is 6.54 Å². The molecule has 0 amide bonds. The van der Waals surface area contributed by atoms with Crippen LogP contribution < -0.4 is 5.32 Å². The van der Waals surface area contributed by atoms with Gasteiger partial charge in [-0.05, 0) is 31.0 Å². The Balaban J connectivity index is 2.75. The fourth-order valence-electron chi connectivity index (χ4n) is 1.51. The summed E-state index contributed by atoms with van der Waals surface area (Å²) in [5.41, 5.74) is 2.81. The van der Waals surface area contributed by atoms with Gasteiger partial charge < -0.3 is 5.32 Å². The molecular formula is C12H19N. The molecule has 0 aliphatic heterocycles. The molecule has 1 unspecified atom stereocenters. The van der Waals surface area contributed by atoms with E-state index in [1.165, 1.54) is 11.1 Å². The third-order valence-electron chi connectivity index (χ3n) is 2.37. The van der Waals surface area contributed by atoms with Crippen molar-refractivity contribution in [1.82, 2.24) is 5.32 Å². The average Bonchev–Trinajstić information content (AvgIpc) is 2.18. The minimum absolute atomic E-state index is 0.469. The normalized spacial score (nSPS) is 12.8. The largest absolute Gasteiger partial charge is 0.310 e. The average molecular weight is 177 g/mol. The summed E-state index contributed by atoms with van der Waals surface area (Å²) < 4.78 is 0. The quantitative estimate of drug-likeness (QED) is 0.745. The van der Waals surface area contributed by atoms with E-state index in [2.05, 4.69) is 50.4 Å². The number of aryl methyl sites for hydroxylation is 1. The monoisotopic (exact) mass is 177 g/mol. The highest BCUT2D eigenvalue weighted by atomic mass is 14.9. The Kier molecular flexibility index (Phi) is 3.97. The number of nitrogens with one attached hydrogen (secondary N) is 1. The molecule has 1 N–H and O–H groups in total. The van der Waals surface area contributed by atoms with E-state index in [1.54, 1.807) is 0 Å². The maximum absolute atomic E-state index is 3.41. The zero-order valence-electron chi connectivity index (χ0n) is 8.80. The van der Waals surface area contributed by atoms with E-state index in [1.807, 2.05) is 0 Å². The molecule has 1 atom stereocenters. The molecule has 72 valence electrons. The first-order valence-electron chi connectivity index (χ1n) is 5.10. The fraction of sp³-hybridized carbons (Fsp3) is 0.500. The molecule has 0 radical (unpaired) electrons. The van der Waals surface area contributed by atoms with Crippen molar-refractivity contribution in [2.45, 2.75) is 33.2 Å². The van der Waals surface area contributed by atoms with Crippen molar-refractivity contribution in [3.05, 3.63) is 35.4 Å². The van der Waals surface area contributed by atoms with Gasteiger partial charge in [0.15, 0.2) is 0 Å². The second kappa shape index (κ2) is 5.03. The van der Waals surface area contributed by atoms with E-state index in [0.717, 1.165) is 13.0 Å². The topological polar surface area (TPSA) is 12.0 Å². The van der Waals surface area contributed by atoms with Crippen LogP contribution in [0.1, 0.15) is 37.9 Å². The second-order valence-corrected chi connectivity index (χ2v) is 3.38. The highest BCUT2D eigenvalue weighted by molar-refractivity contribution is 5.25. The lowest BCUT2D eigenvalue weighted by Crippen LogP contribution is -2.17. The predicted octanol–water partition coefficient (Wildman–Crippen LogP) is 2.92.